The standard InChI is InChI=1S/C27H33N5O2S/c1-27(2,3)22-13-11-21(12-14-22)25-29-30-26(32(25)18-20-9-5-4-6-10-20)35-19-23(33)28-17-24(34)31-15-7-8-16-31/h4-6,9-14H,7-8,15-19H2,1-3H3,(H,28,33). The number of nitrogens with one attached hydrogen (secondary N) is 1. The van der Waals surface area contributed by atoms with Crippen LogP contribution in [0.4, 0.5) is 0 Å². The summed E-state index contributed by atoms with van der Waals surface area (Å²) in [6.07, 6.45) is 2.07. The van der Waals surface area contributed by atoms with E-state index in [1.165, 1.54) is 17.3 Å². The van der Waals surface area contributed by atoms with E-state index in [-0.39, 0.29) is 29.5 Å². The summed E-state index contributed by atoms with van der Waals surface area (Å²) in [6, 6.07) is 18.6. The predicted octanol–water partition coefficient (Wildman–Crippen LogP) is 4.12. The number of amides is 2. The molecule has 4 rings (SSSR count). The first-order valence-corrected chi connectivity index (χ1v) is 13.0. The minimum absolute atomic E-state index is 0.0194. The molecule has 35 heavy (non-hydrogen) atoms. The lowest BCUT2D eigenvalue weighted by Gasteiger charge is -2.19. The van der Waals surface area contributed by atoms with Crippen LogP contribution < -0.4 is 5.32 Å². The van der Waals surface area contributed by atoms with E-state index < -0.39 is 0 Å². The number of benzene rings is 2. The first-order valence-electron chi connectivity index (χ1n) is 12.1. The lowest BCUT2D eigenvalue weighted by Crippen LogP contribution is -2.39. The van der Waals surface area contributed by atoms with E-state index >= 15 is 0 Å². The highest BCUT2D eigenvalue weighted by molar-refractivity contribution is 7.99. The van der Waals surface area contributed by atoms with Crippen molar-refractivity contribution < 1.29 is 9.59 Å². The average Bonchev–Trinajstić information content (AvgIpc) is 3.52. The summed E-state index contributed by atoms with van der Waals surface area (Å²) in [5, 5.41) is 12.3. The molecule has 0 spiro atoms. The van der Waals surface area contributed by atoms with Gasteiger partial charge in [-0.1, -0.05) is 87.1 Å². The van der Waals surface area contributed by atoms with Gasteiger partial charge in [-0.2, -0.15) is 0 Å². The second kappa shape index (κ2) is 11.1. The van der Waals surface area contributed by atoms with Crippen LogP contribution in [0.5, 0.6) is 0 Å². The van der Waals surface area contributed by atoms with Gasteiger partial charge in [-0.25, -0.2) is 0 Å². The van der Waals surface area contributed by atoms with Crippen LogP contribution >= 0.6 is 11.8 Å². The van der Waals surface area contributed by atoms with Crippen molar-refractivity contribution in [2.24, 2.45) is 0 Å². The molecule has 1 aliphatic heterocycles. The van der Waals surface area contributed by atoms with Crippen molar-refractivity contribution in [3.05, 3.63) is 65.7 Å². The number of hydrogen-bond donors (Lipinski definition) is 1. The fraction of sp³-hybridized carbons (Fsp3) is 0.407. The van der Waals surface area contributed by atoms with Gasteiger partial charge < -0.3 is 10.2 Å². The van der Waals surface area contributed by atoms with Gasteiger partial charge in [0.1, 0.15) is 0 Å². The largest absolute Gasteiger partial charge is 0.346 e. The zero-order valence-corrected chi connectivity index (χ0v) is 21.5. The van der Waals surface area contributed by atoms with Crippen molar-refractivity contribution in [3.63, 3.8) is 0 Å². The summed E-state index contributed by atoms with van der Waals surface area (Å²) in [5.74, 6) is 0.729. The molecule has 1 aromatic heterocycles. The van der Waals surface area contributed by atoms with Gasteiger partial charge in [0.25, 0.3) is 0 Å². The minimum atomic E-state index is -0.187. The molecule has 1 saturated heterocycles. The Morgan fingerprint density at radius 3 is 2.31 bits per heavy atom. The lowest BCUT2D eigenvalue weighted by atomic mass is 9.87. The van der Waals surface area contributed by atoms with Crippen LogP contribution in [0, 0.1) is 0 Å². The van der Waals surface area contributed by atoms with E-state index in [0.717, 1.165) is 42.9 Å². The molecule has 1 aliphatic rings. The summed E-state index contributed by atoms with van der Waals surface area (Å²) >= 11 is 1.33. The molecule has 2 amide bonds. The quantitative estimate of drug-likeness (QED) is 0.480. The van der Waals surface area contributed by atoms with Crippen molar-refractivity contribution in [1.29, 1.82) is 0 Å². The van der Waals surface area contributed by atoms with Gasteiger partial charge in [0.05, 0.1) is 18.8 Å². The predicted molar refractivity (Wildman–Crippen MR) is 139 cm³/mol. The molecule has 1 N–H and O–H groups in total. The maximum absolute atomic E-state index is 12.5. The molecule has 2 heterocycles. The third-order valence-electron chi connectivity index (χ3n) is 6.14. The molecule has 8 heteroatoms. The van der Waals surface area contributed by atoms with E-state index in [1.54, 1.807) is 4.90 Å². The maximum atomic E-state index is 12.5. The Bertz CT molecular complexity index is 1150. The Hall–Kier alpha value is -3.13. The first-order chi connectivity index (χ1) is 16.8. The molecule has 2 aromatic carbocycles. The smallest absolute Gasteiger partial charge is 0.241 e. The van der Waals surface area contributed by atoms with Crippen molar-refractivity contribution in [3.8, 4) is 11.4 Å². The number of aromatic nitrogens is 3. The maximum Gasteiger partial charge on any atom is 0.241 e. The first kappa shape index (κ1) is 25.0. The fourth-order valence-corrected chi connectivity index (χ4v) is 4.84. The molecular formula is C27H33N5O2S. The van der Waals surface area contributed by atoms with Gasteiger partial charge in [0.2, 0.25) is 11.8 Å². The zero-order valence-electron chi connectivity index (χ0n) is 20.7. The van der Waals surface area contributed by atoms with Crippen molar-refractivity contribution in [2.45, 2.75) is 50.7 Å². The number of carbonyl (C=O) groups is 2. The van der Waals surface area contributed by atoms with E-state index in [0.29, 0.717) is 11.7 Å². The molecule has 184 valence electrons. The van der Waals surface area contributed by atoms with Crippen LogP contribution in [-0.2, 0) is 21.5 Å². The van der Waals surface area contributed by atoms with E-state index in [2.05, 4.69) is 77.3 Å². The average molecular weight is 492 g/mol. The molecule has 1 fully saturated rings. The number of rotatable bonds is 8. The molecular weight excluding hydrogens is 458 g/mol. The van der Waals surface area contributed by atoms with Gasteiger partial charge in [-0.3, -0.25) is 14.2 Å². The van der Waals surface area contributed by atoms with Crippen molar-refractivity contribution in [1.82, 2.24) is 25.0 Å². The monoisotopic (exact) mass is 491 g/mol. The van der Waals surface area contributed by atoms with Gasteiger partial charge in [0.15, 0.2) is 11.0 Å². The summed E-state index contributed by atoms with van der Waals surface area (Å²) in [7, 11) is 0. The van der Waals surface area contributed by atoms with Crippen LogP contribution in [-0.4, -0.2) is 56.9 Å². The Morgan fingerprint density at radius 2 is 1.66 bits per heavy atom. The number of thioether (sulfide) groups is 1. The lowest BCUT2D eigenvalue weighted by molar-refractivity contribution is -0.131. The SMILES string of the molecule is CC(C)(C)c1ccc(-c2nnc(SCC(=O)NCC(=O)N3CCCC3)n2Cc2ccccc2)cc1. The summed E-state index contributed by atoms with van der Waals surface area (Å²) < 4.78 is 2.05. The summed E-state index contributed by atoms with van der Waals surface area (Å²) in [4.78, 5) is 26.5. The van der Waals surface area contributed by atoms with Crippen LogP contribution in [0.1, 0.15) is 44.7 Å². The van der Waals surface area contributed by atoms with E-state index in [9.17, 15) is 9.59 Å². The highest BCUT2D eigenvalue weighted by atomic mass is 32.2. The second-order valence-electron chi connectivity index (χ2n) is 9.86. The Morgan fingerprint density at radius 1 is 0.971 bits per heavy atom. The summed E-state index contributed by atoms with van der Waals surface area (Å²) in [6.45, 7) is 8.79. The second-order valence-corrected chi connectivity index (χ2v) is 10.8. The van der Waals surface area contributed by atoms with Crippen LogP contribution in [0.25, 0.3) is 11.4 Å². The highest BCUT2D eigenvalue weighted by Crippen LogP contribution is 2.28. The van der Waals surface area contributed by atoms with Crippen molar-refractivity contribution in [2.75, 3.05) is 25.4 Å². The van der Waals surface area contributed by atoms with Crippen LogP contribution in [0.3, 0.4) is 0 Å². The fourth-order valence-electron chi connectivity index (χ4n) is 4.07. The zero-order chi connectivity index (χ0) is 24.8. The number of hydrogen-bond acceptors (Lipinski definition) is 5. The molecule has 0 aliphatic carbocycles. The molecule has 0 saturated carbocycles. The molecule has 7 nitrogen and oxygen atoms in total. The van der Waals surface area contributed by atoms with Crippen LogP contribution in [0.15, 0.2) is 59.8 Å². The molecule has 3 aromatic rings. The highest BCUT2D eigenvalue weighted by Gasteiger charge is 2.20. The Kier molecular flexibility index (Phi) is 7.90. The van der Waals surface area contributed by atoms with Gasteiger partial charge >= 0.3 is 0 Å². The number of carbonyl (C=O) groups excluding carboxylic acids is 2. The number of nitrogens with zero attached hydrogens (tertiary/aromatic N) is 4. The Labute approximate surface area is 211 Å². The third-order valence-corrected chi connectivity index (χ3v) is 7.10. The van der Waals surface area contributed by atoms with Crippen LogP contribution in [0.2, 0.25) is 0 Å². The molecule has 0 radical (unpaired) electrons. The Balaban J connectivity index is 1.48. The van der Waals surface area contributed by atoms with Crippen molar-refractivity contribution >= 4 is 23.6 Å². The van der Waals surface area contributed by atoms with Gasteiger partial charge in [0, 0.05) is 18.7 Å². The topological polar surface area (TPSA) is 80.1 Å². The number of likely N-dealkylation sites (tertiary alicyclic amines) is 1. The minimum Gasteiger partial charge on any atom is -0.346 e. The normalized spacial score (nSPS) is 13.7. The molecule has 0 unspecified atom stereocenters. The van der Waals surface area contributed by atoms with Gasteiger partial charge in [-0.15, -0.1) is 10.2 Å². The molecule has 0 atom stereocenters. The van der Waals surface area contributed by atoms with E-state index in [1.807, 2.05) is 18.2 Å². The van der Waals surface area contributed by atoms with Gasteiger partial charge in [-0.05, 0) is 29.4 Å². The third kappa shape index (κ3) is 6.51. The van der Waals surface area contributed by atoms with E-state index in [4.69, 9.17) is 0 Å². The summed E-state index contributed by atoms with van der Waals surface area (Å²) in [5.41, 5.74) is 3.43. The molecule has 0 bridgehead atoms.